The van der Waals surface area contributed by atoms with Gasteiger partial charge in [-0.25, -0.2) is 15.0 Å². The van der Waals surface area contributed by atoms with E-state index in [9.17, 15) is 15.3 Å². The van der Waals surface area contributed by atoms with Gasteiger partial charge in [0.15, 0.2) is 23.2 Å². The fourth-order valence-corrected chi connectivity index (χ4v) is 3.38. The number of benzene rings is 1. The van der Waals surface area contributed by atoms with E-state index in [-0.39, 0.29) is 0 Å². The van der Waals surface area contributed by atoms with Crippen LogP contribution in [0, 0.1) is 0 Å². The Bertz CT molecular complexity index is 951. The lowest BCUT2D eigenvalue weighted by atomic mass is 10.1. The molecule has 148 valence electrons. The van der Waals surface area contributed by atoms with Gasteiger partial charge in [0.05, 0.1) is 12.9 Å². The number of aromatic nitrogens is 4. The van der Waals surface area contributed by atoms with Gasteiger partial charge in [0, 0.05) is 11.6 Å². The third kappa shape index (κ3) is 3.54. The lowest BCUT2D eigenvalue weighted by Crippen LogP contribution is -2.33. The molecule has 0 bridgehead atoms. The van der Waals surface area contributed by atoms with E-state index in [1.165, 1.54) is 17.2 Å². The molecule has 3 heterocycles. The first-order chi connectivity index (χ1) is 13.6. The molecule has 1 aliphatic rings. The smallest absolute Gasteiger partial charge is 0.167 e. The molecule has 1 fully saturated rings. The fraction of sp³-hybridized carbons (Fsp3) is 0.389. The second-order valence-corrected chi connectivity index (χ2v) is 7.01. The largest absolute Gasteiger partial charge is 0.394 e. The molecule has 3 aromatic rings. The Kier molecular flexibility index (Phi) is 5.42. The molecule has 9 nitrogen and oxygen atoms in total. The van der Waals surface area contributed by atoms with Crippen LogP contribution < -0.4 is 5.32 Å². The van der Waals surface area contributed by atoms with Crippen LogP contribution in [-0.2, 0) is 11.2 Å². The third-order valence-electron chi connectivity index (χ3n) is 4.77. The number of fused-ring (bicyclic) bond motifs is 1. The van der Waals surface area contributed by atoms with Crippen molar-refractivity contribution in [2.45, 2.75) is 31.0 Å². The van der Waals surface area contributed by atoms with Crippen LogP contribution in [0.3, 0.4) is 0 Å². The predicted octanol–water partition coefficient (Wildman–Crippen LogP) is 0.746. The van der Waals surface area contributed by atoms with E-state index in [2.05, 4.69) is 20.3 Å². The van der Waals surface area contributed by atoms with E-state index in [1.54, 1.807) is 0 Å². The molecule has 28 heavy (non-hydrogen) atoms. The number of rotatable bonds is 6. The summed E-state index contributed by atoms with van der Waals surface area (Å²) in [5.74, 6) is 0.560. The van der Waals surface area contributed by atoms with Crippen molar-refractivity contribution < 1.29 is 20.1 Å². The van der Waals surface area contributed by atoms with Gasteiger partial charge in [-0.2, -0.15) is 0 Å². The zero-order valence-corrected chi connectivity index (χ0v) is 15.6. The predicted molar refractivity (Wildman–Crippen MR) is 102 cm³/mol. The monoisotopic (exact) mass is 405 g/mol. The number of nitrogens with zero attached hydrogens (tertiary/aromatic N) is 4. The molecule has 0 spiro atoms. The van der Waals surface area contributed by atoms with Crippen LogP contribution >= 0.6 is 11.6 Å². The Morgan fingerprint density at radius 3 is 2.61 bits per heavy atom. The second kappa shape index (κ2) is 7.98. The molecule has 1 aliphatic heterocycles. The SMILES string of the molecule is OCC1OC(n2cnc3c(NCCc4ccc(Cl)cc4)ncnc32)C(O)C1O. The summed E-state index contributed by atoms with van der Waals surface area (Å²) in [5.41, 5.74) is 2.12. The number of aliphatic hydroxyl groups is 3. The van der Waals surface area contributed by atoms with E-state index >= 15 is 0 Å². The third-order valence-corrected chi connectivity index (χ3v) is 5.02. The summed E-state index contributed by atoms with van der Waals surface area (Å²) >= 11 is 5.90. The summed E-state index contributed by atoms with van der Waals surface area (Å²) < 4.78 is 7.09. The van der Waals surface area contributed by atoms with Gasteiger partial charge in [-0.15, -0.1) is 0 Å². The molecule has 0 aliphatic carbocycles. The van der Waals surface area contributed by atoms with Crippen molar-refractivity contribution in [2.24, 2.45) is 0 Å². The van der Waals surface area contributed by atoms with Crippen LogP contribution in [0.5, 0.6) is 0 Å². The van der Waals surface area contributed by atoms with E-state index in [4.69, 9.17) is 16.3 Å². The zero-order valence-electron chi connectivity index (χ0n) is 14.8. The number of imidazole rings is 1. The molecule has 4 unspecified atom stereocenters. The van der Waals surface area contributed by atoms with Crippen LogP contribution in [0.2, 0.25) is 5.02 Å². The minimum absolute atomic E-state index is 0.395. The van der Waals surface area contributed by atoms with Gasteiger partial charge >= 0.3 is 0 Å². The summed E-state index contributed by atoms with van der Waals surface area (Å²) in [4.78, 5) is 12.8. The number of aliphatic hydroxyl groups excluding tert-OH is 3. The molecule has 4 atom stereocenters. The quantitative estimate of drug-likeness (QED) is 0.473. The maximum atomic E-state index is 10.2. The Labute approximate surface area is 165 Å². The summed E-state index contributed by atoms with van der Waals surface area (Å²) in [5, 5.41) is 33.4. The van der Waals surface area contributed by atoms with E-state index in [1.807, 2.05) is 24.3 Å². The molecular weight excluding hydrogens is 386 g/mol. The van der Waals surface area contributed by atoms with Crippen LogP contribution in [0.1, 0.15) is 11.8 Å². The molecule has 1 saturated heterocycles. The number of halogens is 1. The minimum Gasteiger partial charge on any atom is -0.394 e. The van der Waals surface area contributed by atoms with Crippen molar-refractivity contribution in [2.75, 3.05) is 18.5 Å². The topological polar surface area (TPSA) is 126 Å². The van der Waals surface area contributed by atoms with E-state index in [0.29, 0.717) is 28.5 Å². The standard InChI is InChI=1S/C18H20ClN5O4/c19-11-3-1-10(2-4-11)5-6-20-16-13-17(22-8-21-16)24(9-23-13)18-15(27)14(26)12(7-25)28-18/h1-4,8-9,12,14-15,18,25-27H,5-7H2,(H,20,21,22). The lowest BCUT2D eigenvalue weighted by molar-refractivity contribution is -0.0511. The number of hydrogen-bond donors (Lipinski definition) is 4. The summed E-state index contributed by atoms with van der Waals surface area (Å²) in [6, 6.07) is 7.64. The molecule has 4 N–H and O–H groups in total. The molecule has 1 aromatic carbocycles. The van der Waals surface area contributed by atoms with Crippen molar-refractivity contribution in [3.63, 3.8) is 0 Å². The highest BCUT2D eigenvalue weighted by molar-refractivity contribution is 6.30. The molecule has 2 aromatic heterocycles. The molecule has 0 radical (unpaired) electrons. The van der Waals surface area contributed by atoms with E-state index < -0.39 is 31.1 Å². The molecular formula is C18H20ClN5O4. The van der Waals surface area contributed by atoms with Crippen molar-refractivity contribution >= 4 is 28.6 Å². The Hall–Kier alpha value is -2.30. The van der Waals surface area contributed by atoms with Gasteiger partial charge in [-0.05, 0) is 24.1 Å². The average Bonchev–Trinajstić information content (AvgIpc) is 3.25. The second-order valence-electron chi connectivity index (χ2n) is 6.58. The number of anilines is 1. The van der Waals surface area contributed by atoms with Crippen LogP contribution in [-0.4, -0.2) is 66.3 Å². The first-order valence-corrected chi connectivity index (χ1v) is 9.24. The molecule has 0 saturated carbocycles. The number of nitrogens with one attached hydrogen (secondary N) is 1. The highest BCUT2D eigenvalue weighted by atomic mass is 35.5. The molecule has 0 amide bonds. The van der Waals surface area contributed by atoms with Crippen LogP contribution in [0.15, 0.2) is 36.9 Å². The first-order valence-electron chi connectivity index (χ1n) is 8.87. The summed E-state index contributed by atoms with van der Waals surface area (Å²) in [7, 11) is 0. The normalized spacial score (nSPS) is 24.7. The Morgan fingerprint density at radius 2 is 1.89 bits per heavy atom. The van der Waals surface area contributed by atoms with Gasteiger partial charge in [0.25, 0.3) is 0 Å². The average molecular weight is 406 g/mol. The van der Waals surface area contributed by atoms with Crippen molar-refractivity contribution in [3.8, 4) is 0 Å². The van der Waals surface area contributed by atoms with Gasteiger partial charge in [0.2, 0.25) is 0 Å². The lowest BCUT2D eigenvalue weighted by Gasteiger charge is -2.16. The highest BCUT2D eigenvalue weighted by Crippen LogP contribution is 2.32. The van der Waals surface area contributed by atoms with Crippen LogP contribution in [0.4, 0.5) is 5.82 Å². The highest BCUT2D eigenvalue weighted by Gasteiger charge is 2.44. The van der Waals surface area contributed by atoms with Crippen LogP contribution in [0.25, 0.3) is 11.2 Å². The van der Waals surface area contributed by atoms with Gasteiger partial charge in [-0.1, -0.05) is 23.7 Å². The Morgan fingerprint density at radius 1 is 1.11 bits per heavy atom. The maximum Gasteiger partial charge on any atom is 0.167 e. The zero-order chi connectivity index (χ0) is 19.7. The van der Waals surface area contributed by atoms with E-state index in [0.717, 1.165) is 12.0 Å². The molecule has 4 rings (SSSR count). The fourth-order valence-electron chi connectivity index (χ4n) is 3.25. The summed E-state index contributed by atoms with van der Waals surface area (Å²) in [6.45, 7) is 0.238. The minimum atomic E-state index is -1.20. The van der Waals surface area contributed by atoms with Crippen molar-refractivity contribution in [1.29, 1.82) is 0 Å². The van der Waals surface area contributed by atoms with Gasteiger partial charge in [0.1, 0.15) is 24.6 Å². The van der Waals surface area contributed by atoms with Crippen molar-refractivity contribution in [3.05, 3.63) is 47.5 Å². The van der Waals surface area contributed by atoms with Gasteiger partial charge < -0.3 is 25.4 Å². The van der Waals surface area contributed by atoms with Gasteiger partial charge in [-0.3, -0.25) is 4.57 Å². The van der Waals surface area contributed by atoms with Crippen molar-refractivity contribution in [1.82, 2.24) is 19.5 Å². The summed E-state index contributed by atoms with van der Waals surface area (Å²) in [6.07, 6.45) is -0.503. The molecule has 10 heteroatoms. The maximum absolute atomic E-state index is 10.2. The Balaban J connectivity index is 1.51. The number of ether oxygens (including phenoxy) is 1. The number of hydrogen-bond acceptors (Lipinski definition) is 8. The first kappa shape index (κ1) is 19.0.